The minimum atomic E-state index is -0.754. The molecule has 2 unspecified atom stereocenters. The zero-order valence-corrected chi connectivity index (χ0v) is 13.0. The molecule has 1 aliphatic rings. The topological polar surface area (TPSA) is 64.3 Å². The number of rotatable bonds is 5. The van der Waals surface area contributed by atoms with E-state index >= 15 is 0 Å². The summed E-state index contributed by atoms with van der Waals surface area (Å²) in [5, 5.41) is 2.96. The van der Waals surface area contributed by atoms with Gasteiger partial charge in [-0.1, -0.05) is 38.8 Å². The van der Waals surface area contributed by atoms with E-state index in [1.807, 2.05) is 24.3 Å². The van der Waals surface area contributed by atoms with E-state index in [0.717, 1.165) is 32.1 Å². The van der Waals surface area contributed by atoms with E-state index in [1.165, 1.54) is 0 Å². The molecule has 0 saturated heterocycles. The molecule has 2 atom stereocenters. The molecule has 0 bridgehead atoms. The molecule has 1 fully saturated rings. The zero-order valence-electron chi connectivity index (χ0n) is 13.0. The van der Waals surface area contributed by atoms with Gasteiger partial charge in [0, 0.05) is 0 Å². The minimum Gasteiger partial charge on any atom is -0.491 e. The van der Waals surface area contributed by atoms with E-state index in [-0.39, 0.29) is 5.91 Å². The number of ether oxygens (including phenoxy) is 1. The SMILES string of the molecule is CCCOc1ccccc1NC(=O)C1(N)CCCC(C)C1. The Hall–Kier alpha value is -1.55. The minimum absolute atomic E-state index is 0.0957. The average Bonchev–Trinajstić information content (AvgIpc) is 2.46. The van der Waals surface area contributed by atoms with Crippen LogP contribution in [0.2, 0.25) is 0 Å². The van der Waals surface area contributed by atoms with Gasteiger partial charge in [-0.05, 0) is 37.3 Å². The first-order chi connectivity index (χ1) is 10.0. The molecule has 116 valence electrons. The molecule has 21 heavy (non-hydrogen) atoms. The van der Waals surface area contributed by atoms with Crippen LogP contribution in [0.15, 0.2) is 24.3 Å². The quantitative estimate of drug-likeness (QED) is 0.874. The summed E-state index contributed by atoms with van der Waals surface area (Å²) in [6.07, 6.45) is 4.60. The number of nitrogens with one attached hydrogen (secondary N) is 1. The van der Waals surface area contributed by atoms with Crippen molar-refractivity contribution < 1.29 is 9.53 Å². The number of amides is 1. The average molecular weight is 290 g/mol. The molecule has 1 amide bonds. The highest BCUT2D eigenvalue weighted by atomic mass is 16.5. The second kappa shape index (κ2) is 6.94. The van der Waals surface area contributed by atoms with Gasteiger partial charge in [-0.2, -0.15) is 0 Å². The highest BCUT2D eigenvalue weighted by Gasteiger charge is 2.38. The highest BCUT2D eigenvalue weighted by Crippen LogP contribution is 2.32. The van der Waals surface area contributed by atoms with Gasteiger partial charge in [0.25, 0.3) is 0 Å². The number of para-hydroxylation sites is 2. The van der Waals surface area contributed by atoms with E-state index < -0.39 is 5.54 Å². The van der Waals surface area contributed by atoms with Crippen LogP contribution < -0.4 is 15.8 Å². The summed E-state index contributed by atoms with van der Waals surface area (Å²) in [4.78, 5) is 12.6. The predicted molar refractivity (Wildman–Crippen MR) is 85.4 cm³/mol. The van der Waals surface area contributed by atoms with Crippen LogP contribution >= 0.6 is 0 Å². The van der Waals surface area contributed by atoms with Gasteiger partial charge >= 0.3 is 0 Å². The summed E-state index contributed by atoms with van der Waals surface area (Å²) in [5.41, 5.74) is 6.29. The van der Waals surface area contributed by atoms with E-state index in [4.69, 9.17) is 10.5 Å². The molecule has 1 aliphatic carbocycles. The van der Waals surface area contributed by atoms with Crippen molar-refractivity contribution in [2.45, 2.75) is 51.5 Å². The van der Waals surface area contributed by atoms with Crippen molar-refractivity contribution in [1.82, 2.24) is 0 Å². The van der Waals surface area contributed by atoms with E-state index in [1.54, 1.807) is 0 Å². The number of carbonyl (C=O) groups is 1. The predicted octanol–water partition coefficient (Wildman–Crippen LogP) is 3.32. The maximum Gasteiger partial charge on any atom is 0.244 e. The lowest BCUT2D eigenvalue weighted by atomic mass is 9.76. The molecule has 1 aromatic rings. The van der Waals surface area contributed by atoms with E-state index in [9.17, 15) is 4.79 Å². The van der Waals surface area contributed by atoms with Gasteiger partial charge in [0.15, 0.2) is 0 Å². The molecule has 4 heteroatoms. The summed E-state index contributed by atoms with van der Waals surface area (Å²) in [6, 6.07) is 7.53. The van der Waals surface area contributed by atoms with E-state index in [0.29, 0.717) is 24.0 Å². The largest absolute Gasteiger partial charge is 0.491 e. The molecular weight excluding hydrogens is 264 g/mol. The Labute approximate surface area is 127 Å². The van der Waals surface area contributed by atoms with Crippen LogP contribution in [0, 0.1) is 5.92 Å². The molecule has 0 heterocycles. The Morgan fingerprint density at radius 2 is 2.24 bits per heavy atom. The van der Waals surface area contributed by atoms with Gasteiger partial charge in [-0.25, -0.2) is 0 Å². The fourth-order valence-electron chi connectivity index (χ4n) is 2.95. The molecule has 0 spiro atoms. The third-order valence-corrected chi connectivity index (χ3v) is 4.08. The van der Waals surface area contributed by atoms with Crippen molar-refractivity contribution >= 4 is 11.6 Å². The van der Waals surface area contributed by atoms with Crippen LogP contribution in [-0.2, 0) is 4.79 Å². The van der Waals surface area contributed by atoms with Crippen LogP contribution in [0.3, 0.4) is 0 Å². The van der Waals surface area contributed by atoms with Crippen molar-refractivity contribution in [3.8, 4) is 5.75 Å². The number of carbonyl (C=O) groups excluding carboxylic acids is 1. The van der Waals surface area contributed by atoms with Gasteiger partial charge in [-0.15, -0.1) is 0 Å². The number of benzene rings is 1. The Balaban J connectivity index is 2.08. The maximum atomic E-state index is 12.6. The number of anilines is 1. The second-order valence-electron chi connectivity index (χ2n) is 6.16. The Morgan fingerprint density at radius 3 is 2.95 bits per heavy atom. The number of nitrogens with two attached hydrogens (primary N) is 1. The molecule has 4 nitrogen and oxygen atoms in total. The normalized spacial score (nSPS) is 25.4. The van der Waals surface area contributed by atoms with E-state index in [2.05, 4.69) is 19.2 Å². The first kappa shape index (κ1) is 15.8. The van der Waals surface area contributed by atoms with Gasteiger partial charge in [0.2, 0.25) is 5.91 Å². The Bertz CT molecular complexity index is 489. The summed E-state index contributed by atoms with van der Waals surface area (Å²) >= 11 is 0. The third kappa shape index (κ3) is 3.97. The Morgan fingerprint density at radius 1 is 1.48 bits per heavy atom. The lowest BCUT2D eigenvalue weighted by Crippen LogP contribution is -2.53. The second-order valence-corrected chi connectivity index (χ2v) is 6.16. The van der Waals surface area contributed by atoms with Crippen molar-refractivity contribution in [3.63, 3.8) is 0 Å². The monoisotopic (exact) mass is 290 g/mol. The van der Waals surface area contributed by atoms with Crippen LogP contribution in [0.25, 0.3) is 0 Å². The summed E-state index contributed by atoms with van der Waals surface area (Å²) in [6.45, 7) is 4.85. The van der Waals surface area contributed by atoms with Crippen LogP contribution in [-0.4, -0.2) is 18.1 Å². The van der Waals surface area contributed by atoms with Gasteiger partial charge in [-0.3, -0.25) is 4.79 Å². The summed E-state index contributed by atoms with van der Waals surface area (Å²) in [7, 11) is 0. The van der Waals surface area contributed by atoms with Gasteiger partial charge in [0.05, 0.1) is 17.8 Å². The van der Waals surface area contributed by atoms with Crippen molar-refractivity contribution in [2.75, 3.05) is 11.9 Å². The fraction of sp³-hybridized carbons (Fsp3) is 0.588. The third-order valence-electron chi connectivity index (χ3n) is 4.08. The van der Waals surface area contributed by atoms with Crippen LogP contribution in [0.4, 0.5) is 5.69 Å². The van der Waals surface area contributed by atoms with Gasteiger partial charge < -0.3 is 15.8 Å². The fourth-order valence-corrected chi connectivity index (χ4v) is 2.95. The van der Waals surface area contributed by atoms with Crippen molar-refractivity contribution in [1.29, 1.82) is 0 Å². The molecule has 0 radical (unpaired) electrons. The molecule has 0 aliphatic heterocycles. The number of hydrogen-bond acceptors (Lipinski definition) is 3. The molecule has 3 N–H and O–H groups in total. The smallest absolute Gasteiger partial charge is 0.244 e. The van der Waals surface area contributed by atoms with Crippen molar-refractivity contribution in [3.05, 3.63) is 24.3 Å². The van der Waals surface area contributed by atoms with Crippen LogP contribution in [0.1, 0.15) is 46.0 Å². The highest BCUT2D eigenvalue weighted by molar-refractivity contribution is 5.99. The van der Waals surface area contributed by atoms with Gasteiger partial charge in [0.1, 0.15) is 5.75 Å². The molecular formula is C17H26N2O2. The summed E-state index contributed by atoms with van der Waals surface area (Å²) in [5.74, 6) is 1.11. The molecule has 1 saturated carbocycles. The summed E-state index contributed by atoms with van der Waals surface area (Å²) < 4.78 is 5.67. The van der Waals surface area contributed by atoms with Crippen LogP contribution in [0.5, 0.6) is 5.75 Å². The zero-order chi connectivity index (χ0) is 15.3. The Kier molecular flexibility index (Phi) is 5.23. The lowest BCUT2D eigenvalue weighted by molar-refractivity contribution is -0.122. The first-order valence-corrected chi connectivity index (χ1v) is 7.87. The maximum absolute atomic E-state index is 12.6. The standard InChI is InChI=1S/C17H26N2O2/c1-3-11-21-15-9-5-4-8-14(15)19-16(20)17(18)10-6-7-13(2)12-17/h4-5,8-9,13H,3,6-7,10-12,18H2,1-2H3,(H,19,20). The molecule has 2 rings (SSSR count). The number of hydrogen-bond donors (Lipinski definition) is 2. The molecule has 0 aromatic heterocycles. The molecule has 1 aromatic carbocycles. The lowest BCUT2D eigenvalue weighted by Gasteiger charge is -2.35. The first-order valence-electron chi connectivity index (χ1n) is 7.87. The van der Waals surface area contributed by atoms with Crippen molar-refractivity contribution in [2.24, 2.45) is 11.7 Å².